The number of hydrogen-bond donors (Lipinski definition) is 1. The highest BCUT2D eigenvalue weighted by molar-refractivity contribution is 8.02. The predicted octanol–water partition coefficient (Wildman–Crippen LogP) is 4.72. The lowest BCUT2D eigenvalue weighted by atomic mass is 10.1. The molecule has 0 unspecified atom stereocenters. The number of carbonyl (C=O) groups excluding carboxylic acids is 1. The van der Waals surface area contributed by atoms with Crippen LogP contribution in [0.25, 0.3) is 6.08 Å². The molecule has 1 saturated heterocycles. The van der Waals surface area contributed by atoms with Crippen LogP contribution < -0.4 is 9.75 Å². The normalized spacial score (nSPS) is 16.9. The van der Waals surface area contributed by atoms with Crippen LogP contribution >= 0.6 is 12.8 Å². The molecule has 1 aliphatic heterocycles. The molecule has 4 rings (SSSR count). The number of nitrogens with zero attached hydrogens (tertiary/aromatic N) is 2. The number of ketones is 1. The molecule has 6 nitrogen and oxygen atoms in total. The third-order valence-corrected chi connectivity index (χ3v) is 7.48. The third kappa shape index (κ3) is 4.72. The molecule has 1 aliphatic rings. The molecule has 1 heterocycles. The first-order valence-corrected chi connectivity index (χ1v) is 11.8. The lowest BCUT2D eigenvalue weighted by Crippen LogP contribution is -2.31. The smallest absolute Gasteiger partial charge is 0.267 e. The molecule has 0 atom stereocenters. The molecule has 3 aromatic carbocycles. The van der Waals surface area contributed by atoms with E-state index in [4.69, 9.17) is 4.74 Å². The van der Waals surface area contributed by atoms with Gasteiger partial charge < -0.3 is 4.74 Å². The number of hydrogen-bond acceptors (Lipinski definition) is 6. The van der Waals surface area contributed by atoms with E-state index in [9.17, 15) is 13.2 Å². The minimum absolute atomic E-state index is 0.0508. The zero-order chi connectivity index (χ0) is 22.7. The number of sulfonamides is 1. The number of rotatable bonds is 6. The fourth-order valence-corrected chi connectivity index (χ4v) is 4.96. The molecule has 0 aromatic heterocycles. The van der Waals surface area contributed by atoms with E-state index in [2.05, 4.69) is 12.8 Å². The third-order valence-electron chi connectivity index (χ3n) is 5.09. The van der Waals surface area contributed by atoms with Crippen LogP contribution in [0.1, 0.15) is 28.4 Å². The summed E-state index contributed by atoms with van der Waals surface area (Å²) in [5.41, 5.74) is 3.00. The van der Waals surface area contributed by atoms with Crippen LogP contribution in [0.15, 0.2) is 83.8 Å². The van der Waals surface area contributed by atoms with E-state index in [0.29, 0.717) is 23.6 Å². The second-order valence-electron chi connectivity index (χ2n) is 7.34. The van der Waals surface area contributed by atoms with E-state index in [1.54, 1.807) is 30.3 Å². The van der Waals surface area contributed by atoms with E-state index < -0.39 is 10.0 Å². The van der Waals surface area contributed by atoms with Gasteiger partial charge in [0.2, 0.25) is 0 Å². The first-order valence-electron chi connectivity index (χ1n) is 9.94. The fraction of sp³-hybridized carbons (Fsp3) is 0.125. The van der Waals surface area contributed by atoms with Gasteiger partial charge in [-0.15, -0.1) is 0 Å². The summed E-state index contributed by atoms with van der Waals surface area (Å²) in [7, 11) is -3.76. The Morgan fingerprint density at radius 2 is 1.66 bits per heavy atom. The number of carbonyl (C=O) groups is 1. The Labute approximate surface area is 193 Å². The maximum absolute atomic E-state index is 12.8. The molecule has 0 aliphatic carbocycles. The summed E-state index contributed by atoms with van der Waals surface area (Å²) in [4.78, 5) is 11.7. The Balaban J connectivity index is 1.49. The minimum Gasteiger partial charge on any atom is -0.489 e. The van der Waals surface area contributed by atoms with Crippen LogP contribution in [0.2, 0.25) is 0 Å². The summed E-state index contributed by atoms with van der Waals surface area (Å²) in [5.74, 6) is 0.651. The number of thiol groups is 1. The van der Waals surface area contributed by atoms with Gasteiger partial charge in [-0.05, 0) is 60.5 Å². The summed E-state index contributed by atoms with van der Waals surface area (Å²) in [6.45, 7) is 2.08. The lowest BCUT2D eigenvalue weighted by Gasteiger charge is -2.22. The molecule has 0 saturated carbocycles. The average Bonchev–Trinajstić information content (AvgIpc) is 3.03. The number of Topliss-reactive ketones (excluding diaryl/α,β-unsaturated/α-hetero) is 1. The summed E-state index contributed by atoms with van der Waals surface area (Å²) in [6.07, 6.45) is 1.63. The zero-order valence-electron chi connectivity index (χ0n) is 17.4. The summed E-state index contributed by atoms with van der Waals surface area (Å²) in [5, 5.41) is 1.53. The van der Waals surface area contributed by atoms with Crippen LogP contribution in [0, 0.1) is 0 Å². The van der Waals surface area contributed by atoms with Crippen LogP contribution in [0.3, 0.4) is 0 Å². The summed E-state index contributed by atoms with van der Waals surface area (Å²) >= 11 is 4.19. The van der Waals surface area contributed by atoms with Crippen molar-refractivity contribution < 1.29 is 17.9 Å². The van der Waals surface area contributed by atoms with Crippen molar-refractivity contribution in [2.24, 2.45) is 0 Å². The highest BCUT2D eigenvalue weighted by Gasteiger charge is 2.38. The van der Waals surface area contributed by atoms with Crippen molar-refractivity contribution in [1.82, 2.24) is 3.82 Å². The van der Waals surface area contributed by atoms with Gasteiger partial charge in [0.15, 0.2) is 5.78 Å². The molecule has 0 radical (unpaired) electrons. The second-order valence-corrected chi connectivity index (χ2v) is 9.81. The molecule has 164 valence electrons. The fourth-order valence-electron chi connectivity index (χ4n) is 3.29. The molecular weight excluding hydrogens is 444 g/mol. The molecule has 3 aromatic rings. The quantitative estimate of drug-likeness (QED) is 0.421. The Morgan fingerprint density at radius 1 is 1.00 bits per heavy atom. The van der Waals surface area contributed by atoms with Crippen LogP contribution in [0.5, 0.6) is 5.75 Å². The molecule has 8 heteroatoms. The van der Waals surface area contributed by atoms with Gasteiger partial charge in [0.1, 0.15) is 12.4 Å². The first-order chi connectivity index (χ1) is 15.3. The van der Waals surface area contributed by atoms with E-state index in [-0.39, 0.29) is 17.2 Å². The zero-order valence-corrected chi connectivity index (χ0v) is 19.1. The molecule has 1 fully saturated rings. The topological polar surface area (TPSA) is 66.9 Å². The van der Waals surface area contributed by atoms with Gasteiger partial charge in [-0.2, -0.15) is 0 Å². The maximum Gasteiger partial charge on any atom is 0.267 e. The first kappa shape index (κ1) is 22.1. The number of hydrazine groups is 1. The van der Waals surface area contributed by atoms with E-state index >= 15 is 0 Å². The summed E-state index contributed by atoms with van der Waals surface area (Å²) in [6, 6.07) is 23.9. The van der Waals surface area contributed by atoms with Crippen molar-refractivity contribution in [2.75, 3.05) is 11.6 Å². The van der Waals surface area contributed by atoms with Crippen LogP contribution in [-0.2, 0) is 16.6 Å². The predicted molar refractivity (Wildman–Crippen MR) is 129 cm³/mol. The van der Waals surface area contributed by atoms with E-state index in [1.807, 2.05) is 54.6 Å². The SMILES string of the molecule is CC(=O)c1ccc(N2C/C(=C/c3ccc(OCc4ccccc4)cc3)S(=O)(=O)N2S)cc1. The Kier molecular flexibility index (Phi) is 6.36. The van der Waals surface area contributed by atoms with Crippen molar-refractivity contribution in [3.63, 3.8) is 0 Å². The van der Waals surface area contributed by atoms with Crippen molar-refractivity contribution in [3.05, 3.63) is 100 Å². The van der Waals surface area contributed by atoms with Crippen LogP contribution in [0.4, 0.5) is 5.69 Å². The van der Waals surface area contributed by atoms with Gasteiger partial charge in [0, 0.05) is 5.56 Å². The Bertz CT molecular complexity index is 1240. The van der Waals surface area contributed by atoms with Crippen molar-refractivity contribution in [2.45, 2.75) is 13.5 Å². The second kappa shape index (κ2) is 9.20. The summed E-state index contributed by atoms with van der Waals surface area (Å²) < 4.78 is 32.4. The molecule has 0 spiro atoms. The van der Waals surface area contributed by atoms with Crippen molar-refractivity contribution >= 4 is 40.4 Å². The van der Waals surface area contributed by atoms with Crippen molar-refractivity contribution in [1.29, 1.82) is 0 Å². The highest BCUT2D eigenvalue weighted by Crippen LogP contribution is 2.33. The van der Waals surface area contributed by atoms with Gasteiger partial charge >= 0.3 is 0 Å². The standard InChI is InChI=1S/C24H22N2O4S2/c1-18(27)21-9-11-22(12-10-21)25-16-24(32(28,29)26(25)31)15-19-7-13-23(14-8-19)30-17-20-5-3-2-4-6-20/h2-15,31H,16-17H2,1H3/b24-15-. The molecule has 32 heavy (non-hydrogen) atoms. The van der Waals surface area contributed by atoms with Crippen molar-refractivity contribution in [3.8, 4) is 5.75 Å². The van der Waals surface area contributed by atoms with Gasteiger partial charge in [0.25, 0.3) is 10.0 Å². The molecular formula is C24H22N2O4S2. The van der Waals surface area contributed by atoms with Crippen LogP contribution in [-0.4, -0.2) is 24.6 Å². The van der Waals surface area contributed by atoms with Gasteiger partial charge in [-0.3, -0.25) is 9.80 Å². The molecule has 0 N–H and O–H groups in total. The van der Waals surface area contributed by atoms with Gasteiger partial charge in [0.05, 0.1) is 17.1 Å². The molecule has 0 amide bonds. The highest BCUT2D eigenvalue weighted by atomic mass is 32.3. The van der Waals surface area contributed by atoms with Gasteiger partial charge in [-0.25, -0.2) is 8.42 Å². The largest absolute Gasteiger partial charge is 0.489 e. The molecule has 0 bridgehead atoms. The van der Waals surface area contributed by atoms with E-state index in [0.717, 1.165) is 14.9 Å². The Hall–Kier alpha value is -3.07. The average molecular weight is 467 g/mol. The number of benzene rings is 3. The van der Waals surface area contributed by atoms with E-state index in [1.165, 1.54) is 11.9 Å². The van der Waals surface area contributed by atoms with Gasteiger partial charge in [-0.1, -0.05) is 59.1 Å². The maximum atomic E-state index is 12.8. The Morgan fingerprint density at radius 3 is 2.28 bits per heavy atom. The number of anilines is 1. The minimum atomic E-state index is -3.76. The lowest BCUT2D eigenvalue weighted by molar-refractivity contribution is 0.101. The number of ether oxygens (including phenoxy) is 1. The monoisotopic (exact) mass is 466 g/mol.